The van der Waals surface area contributed by atoms with Crippen molar-refractivity contribution in [2.45, 2.75) is 32.5 Å². The fourth-order valence-electron chi connectivity index (χ4n) is 1.86. The Kier molecular flexibility index (Phi) is 4.94. The number of anilines is 2. The Labute approximate surface area is 143 Å². The van der Waals surface area contributed by atoms with Crippen LogP contribution in [0, 0.1) is 0 Å². The number of benzene rings is 1. The van der Waals surface area contributed by atoms with Gasteiger partial charge in [0, 0.05) is 24.0 Å². The van der Waals surface area contributed by atoms with Gasteiger partial charge in [-0.25, -0.2) is 4.98 Å². The maximum atomic E-state index is 13.1. The largest absolute Gasteiger partial charge is 0.471 e. The second-order valence-electron chi connectivity index (χ2n) is 6.14. The minimum absolute atomic E-state index is 0.0876. The smallest absolute Gasteiger partial charge is 0.423 e. The molecule has 0 spiro atoms. The summed E-state index contributed by atoms with van der Waals surface area (Å²) in [5.74, 6) is -0.412. The number of aromatic nitrogens is 2. The molecule has 0 aliphatic heterocycles. The van der Waals surface area contributed by atoms with Gasteiger partial charge in [0.05, 0.1) is 0 Å². The fourth-order valence-corrected chi connectivity index (χ4v) is 1.99. The second-order valence-corrected chi connectivity index (χ2v) is 6.57. The quantitative estimate of drug-likeness (QED) is 0.764. The lowest BCUT2D eigenvalue weighted by molar-refractivity contribution is -0.140. The van der Waals surface area contributed by atoms with Crippen molar-refractivity contribution < 1.29 is 17.9 Å². The van der Waals surface area contributed by atoms with Gasteiger partial charge in [-0.1, -0.05) is 11.6 Å². The normalized spacial score (nSPS) is 12.2. The van der Waals surface area contributed by atoms with Crippen LogP contribution >= 0.6 is 11.6 Å². The first-order valence-electron chi connectivity index (χ1n) is 7.10. The van der Waals surface area contributed by atoms with Crippen LogP contribution in [0.1, 0.15) is 26.3 Å². The minimum atomic E-state index is -4.60. The fraction of sp³-hybridized carbons (Fsp3) is 0.375. The topological polar surface area (TPSA) is 38.2 Å². The van der Waals surface area contributed by atoms with E-state index in [0.717, 1.165) is 6.20 Å². The molecule has 4 nitrogen and oxygen atoms in total. The van der Waals surface area contributed by atoms with Crippen molar-refractivity contribution in [1.29, 1.82) is 0 Å². The first-order chi connectivity index (χ1) is 11.0. The van der Waals surface area contributed by atoms with Crippen molar-refractivity contribution in [3.8, 4) is 5.88 Å². The predicted octanol–water partition coefficient (Wildman–Crippen LogP) is 5.09. The zero-order valence-corrected chi connectivity index (χ0v) is 14.4. The molecule has 0 aliphatic carbocycles. The maximum absolute atomic E-state index is 13.1. The van der Waals surface area contributed by atoms with Crippen molar-refractivity contribution in [2.75, 3.05) is 11.9 Å². The number of ether oxygens (including phenoxy) is 1. The average molecular weight is 360 g/mol. The predicted molar refractivity (Wildman–Crippen MR) is 86.9 cm³/mol. The van der Waals surface area contributed by atoms with E-state index in [9.17, 15) is 13.2 Å². The summed E-state index contributed by atoms with van der Waals surface area (Å²) in [5.41, 5.74) is -1.16. The number of rotatable bonds is 3. The molecule has 0 atom stereocenters. The Bertz CT molecular complexity index is 712. The third kappa shape index (κ3) is 4.50. The van der Waals surface area contributed by atoms with Gasteiger partial charge >= 0.3 is 6.18 Å². The summed E-state index contributed by atoms with van der Waals surface area (Å²) in [5, 5.41) is 0.553. The van der Waals surface area contributed by atoms with E-state index in [1.807, 2.05) is 0 Å². The van der Waals surface area contributed by atoms with Crippen molar-refractivity contribution >= 4 is 23.2 Å². The van der Waals surface area contributed by atoms with Crippen molar-refractivity contribution in [3.05, 3.63) is 41.0 Å². The van der Waals surface area contributed by atoms with Crippen LogP contribution in [0.3, 0.4) is 0 Å². The summed E-state index contributed by atoms with van der Waals surface area (Å²) in [6.45, 7) is 4.95. The Hall–Kier alpha value is -2.02. The summed E-state index contributed by atoms with van der Waals surface area (Å²) in [4.78, 5) is 9.33. The molecule has 0 fully saturated rings. The first-order valence-corrected chi connectivity index (χ1v) is 7.48. The zero-order chi connectivity index (χ0) is 18.1. The highest BCUT2D eigenvalue weighted by atomic mass is 35.5. The molecule has 130 valence electrons. The second kappa shape index (κ2) is 6.47. The number of hydrogen-bond donors (Lipinski definition) is 0. The third-order valence-corrected chi connectivity index (χ3v) is 3.22. The summed E-state index contributed by atoms with van der Waals surface area (Å²) in [6.07, 6.45) is -3.87. The maximum Gasteiger partial charge on any atom is 0.423 e. The molecular weight excluding hydrogens is 343 g/mol. The molecule has 0 aliphatic rings. The van der Waals surface area contributed by atoms with E-state index in [1.54, 1.807) is 57.0 Å². The number of halogens is 4. The van der Waals surface area contributed by atoms with Gasteiger partial charge in [0.25, 0.3) is 0 Å². The van der Waals surface area contributed by atoms with Gasteiger partial charge in [-0.05, 0) is 45.0 Å². The average Bonchev–Trinajstić information content (AvgIpc) is 2.44. The van der Waals surface area contributed by atoms with Crippen LogP contribution in [0.25, 0.3) is 0 Å². The van der Waals surface area contributed by atoms with Gasteiger partial charge in [-0.15, -0.1) is 0 Å². The SMILES string of the molecule is CN(c1ccc(Cl)cc1)c1ncc(C(F)(F)F)c(OC(C)(C)C)n1. The zero-order valence-electron chi connectivity index (χ0n) is 13.6. The molecule has 0 bridgehead atoms. The van der Waals surface area contributed by atoms with Crippen LogP contribution in [0.15, 0.2) is 30.5 Å². The van der Waals surface area contributed by atoms with Crippen LogP contribution in [0.2, 0.25) is 5.02 Å². The van der Waals surface area contributed by atoms with Crippen LogP contribution in [0.5, 0.6) is 5.88 Å². The Morgan fingerprint density at radius 1 is 1.08 bits per heavy atom. The molecule has 0 saturated heterocycles. The highest BCUT2D eigenvalue weighted by molar-refractivity contribution is 6.30. The van der Waals surface area contributed by atoms with Crippen LogP contribution in [0.4, 0.5) is 24.8 Å². The lowest BCUT2D eigenvalue weighted by Crippen LogP contribution is -2.26. The molecule has 8 heteroatoms. The molecule has 1 aromatic heterocycles. The van der Waals surface area contributed by atoms with E-state index in [2.05, 4.69) is 9.97 Å². The van der Waals surface area contributed by atoms with Crippen molar-refractivity contribution in [1.82, 2.24) is 9.97 Å². The molecule has 2 aromatic rings. The Morgan fingerprint density at radius 2 is 1.67 bits per heavy atom. The molecule has 24 heavy (non-hydrogen) atoms. The molecule has 0 unspecified atom stereocenters. The van der Waals surface area contributed by atoms with E-state index in [0.29, 0.717) is 10.7 Å². The van der Waals surface area contributed by atoms with Gasteiger partial charge in [0.15, 0.2) is 0 Å². The van der Waals surface area contributed by atoms with Gasteiger partial charge in [0.1, 0.15) is 11.2 Å². The van der Waals surface area contributed by atoms with E-state index in [4.69, 9.17) is 16.3 Å². The van der Waals surface area contributed by atoms with E-state index >= 15 is 0 Å². The standard InChI is InChI=1S/C16H17ClF3N3O/c1-15(2,3)24-13-12(16(18,19)20)9-21-14(22-13)23(4)11-7-5-10(17)6-8-11/h5-9H,1-4H3. The lowest BCUT2D eigenvalue weighted by atomic mass is 10.2. The van der Waals surface area contributed by atoms with Gasteiger partial charge in [-0.2, -0.15) is 18.2 Å². The molecule has 0 N–H and O–H groups in total. The van der Waals surface area contributed by atoms with E-state index in [1.165, 1.54) is 0 Å². The summed E-state index contributed by atoms with van der Waals surface area (Å²) in [7, 11) is 1.65. The molecule has 0 radical (unpaired) electrons. The van der Waals surface area contributed by atoms with Crippen LogP contribution in [-0.4, -0.2) is 22.6 Å². The van der Waals surface area contributed by atoms with Gasteiger partial charge < -0.3 is 9.64 Å². The number of alkyl halides is 3. The molecule has 0 amide bonds. The first kappa shape index (κ1) is 18.3. The molecule has 2 rings (SSSR count). The Balaban J connectivity index is 2.45. The lowest BCUT2D eigenvalue weighted by Gasteiger charge is -2.24. The van der Waals surface area contributed by atoms with Crippen molar-refractivity contribution in [2.24, 2.45) is 0 Å². The molecule has 0 saturated carbocycles. The molecular formula is C16H17ClF3N3O. The van der Waals surface area contributed by atoms with E-state index < -0.39 is 23.2 Å². The van der Waals surface area contributed by atoms with Gasteiger partial charge in [0.2, 0.25) is 11.8 Å². The molecule has 1 aromatic carbocycles. The Morgan fingerprint density at radius 3 is 2.17 bits per heavy atom. The number of hydrogen-bond acceptors (Lipinski definition) is 4. The minimum Gasteiger partial charge on any atom is -0.471 e. The van der Waals surface area contributed by atoms with E-state index in [-0.39, 0.29) is 5.95 Å². The van der Waals surface area contributed by atoms with Crippen molar-refractivity contribution in [3.63, 3.8) is 0 Å². The third-order valence-electron chi connectivity index (χ3n) is 2.96. The highest BCUT2D eigenvalue weighted by Crippen LogP contribution is 2.37. The molecule has 1 heterocycles. The van der Waals surface area contributed by atoms with Gasteiger partial charge in [-0.3, -0.25) is 0 Å². The summed E-state index contributed by atoms with van der Waals surface area (Å²) < 4.78 is 44.8. The monoisotopic (exact) mass is 359 g/mol. The summed E-state index contributed by atoms with van der Waals surface area (Å²) >= 11 is 5.84. The number of nitrogens with zero attached hydrogens (tertiary/aromatic N) is 3. The summed E-state index contributed by atoms with van der Waals surface area (Å²) in [6, 6.07) is 6.77. The highest BCUT2D eigenvalue weighted by Gasteiger charge is 2.37. The van der Waals surface area contributed by atoms with Crippen LogP contribution in [-0.2, 0) is 6.18 Å². The van der Waals surface area contributed by atoms with Crippen LogP contribution < -0.4 is 9.64 Å².